The van der Waals surface area contributed by atoms with Crippen molar-refractivity contribution >= 4 is 5.82 Å². The van der Waals surface area contributed by atoms with Crippen LogP contribution >= 0.6 is 0 Å². The van der Waals surface area contributed by atoms with Crippen LogP contribution in [-0.4, -0.2) is 16.5 Å². The van der Waals surface area contributed by atoms with E-state index in [1.165, 1.54) is 19.3 Å². The Morgan fingerprint density at radius 2 is 2.24 bits per heavy atom. The van der Waals surface area contributed by atoms with Crippen LogP contribution in [0.1, 0.15) is 45.2 Å². The summed E-state index contributed by atoms with van der Waals surface area (Å²) in [6.45, 7) is 5.59. The average Bonchev–Trinajstić information content (AvgIpc) is 2.74. The van der Waals surface area contributed by atoms with Gasteiger partial charge < -0.3 is 5.32 Å². The molecule has 0 amide bonds. The minimum absolute atomic E-state index is 0.828. The highest BCUT2D eigenvalue weighted by atomic mass is 15.0. The Hall–Kier alpha value is -1.12. The molecule has 3 nitrogen and oxygen atoms in total. The van der Waals surface area contributed by atoms with Crippen molar-refractivity contribution in [3.63, 3.8) is 0 Å². The smallest absolute Gasteiger partial charge is 0.129 e. The number of anilines is 1. The van der Waals surface area contributed by atoms with Crippen LogP contribution < -0.4 is 5.32 Å². The van der Waals surface area contributed by atoms with E-state index in [0.717, 1.165) is 42.7 Å². The maximum Gasteiger partial charge on any atom is 0.129 e. The van der Waals surface area contributed by atoms with Crippen molar-refractivity contribution in [3.8, 4) is 0 Å². The van der Waals surface area contributed by atoms with Crippen molar-refractivity contribution in [2.24, 2.45) is 11.8 Å². The van der Waals surface area contributed by atoms with E-state index in [4.69, 9.17) is 0 Å². The van der Waals surface area contributed by atoms with Gasteiger partial charge >= 0.3 is 0 Å². The van der Waals surface area contributed by atoms with Gasteiger partial charge in [-0.2, -0.15) is 0 Å². The van der Waals surface area contributed by atoms with E-state index in [-0.39, 0.29) is 0 Å². The zero-order valence-electron chi connectivity index (χ0n) is 10.9. The molecule has 94 valence electrons. The first kappa shape index (κ1) is 12.3. The summed E-state index contributed by atoms with van der Waals surface area (Å²) in [4.78, 5) is 8.55. The second-order valence-corrected chi connectivity index (χ2v) is 5.31. The quantitative estimate of drug-likeness (QED) is 0.848. The van der Waals surface area contributed by atoms with Gasteiger partial charge in [0, 0.05) is 18.3 Å². The largest absolute Gasteiger partial charge is 0.370 e. The maximum atomic E-state index is 4.28. The molecule has 0 aromatic carbocycles. The standard InChI is InChI=1S/C14H23N3/c1-3-4-13-8-14(17-10-16-13)15-9-12-6-5-11(2)7-12/h8,10-12H,3-7,9H2,1-2H3,(H,15,16,17). The summed E-state index contributed by atoms with van der Waals surface area (Å²) in [5, 5.41) is 3.45. The molecule has 1 fully saturated rings. The first-order valence-electron chi connectivity index (χ1n) is 6.82. The molecule has 1 saturated carbocycles. The van der Waals surface area contributed by atoms with Gasteiger partial charge in [0.25, 0.3) is 0 Å². The van der Waals surface area contributed by atoms with Crippen molar-refractivity contribution in [3.05, 3.63) is 18.1 Å². The minimum atomic E-state index is 0.828. The average molecular weight is 233 g/mol. The van der Waals surface area contributed by atoms with E-state index in [1.54, 1.807) is 6.33 Å². The number of hydrogen-bond acceptors (Lipinski definition) is 3. The van der Waals surface area contributed by atoms with E-state index in [1.807, 2.05) is 0 Å². The fraction of sp³-hybridized carbons (Fsp3) is 0.714. The van der Waals surface area contributed by atoms with Gasteiger partial charge in [-0.15, -0.1) is 0 Å². The summed E-state index contributed by atoms with van der Waals surface area (Å²) in [5.74, 6) is 2.72. The number of aromatic nitrogens is 2. The molecule has 1 N–H and O–H groups in total. The first-order valence-corrected chi connectivity index (χ1v) is 6.82. The highest BCUT2D eigenvalue weighted by Crippen LogP contribution is 2.30. The van der Waals surface area contributed by atoms with Crippen molar-refractivity contribution in [2.45, 2.75) is 46.0 Å². The highest BCUT2D eigenvalue weighted by molar-refractivity contribution is 5.34. The highest BCUT2D eigenvalue weighted by Gasteiger charge is 2.20. The van der Waals surface area contributed by atoms with Crippen LogP contribution in [0.2, 0.25) is 0 Å². The predicted octanol–water partition coefficient (Wildman–Crippen LogP) is 3.28. The molecular weight excluding hydrogens is 210 g/mol. The topological polar surface area (TPSA) is 37.8 Å². The molecule has 2 unspecified atom stereocenters. The van der Waals surface area contributed by atoms with Crippen LogP contribution in [0.4, 0.5) is 5.82 Å². The molecule has 0 aliphatic heterocycles. The number of nitrogens with one attached hydrogen (secondary N) is 1. The summed E-state index contributed by atoms with van der Waals surface area (Å²) < 4.78 is 0. The second kappa shape index (κ2) is 5.99. The minimum Gasteiger partial charge on any atom is -0.370 e. The van der Waals surface area contributed by atoms with Gasteiger partial charge in [-0.25, -0.2) is 9.97 Å². The van der Waals surface area contributed by atoms with Gasteiger partial charge in [0.05, 0.1) is 0 Å². The molecule has 17 heavy (non-hydrogen) atoms. The molecule has 1 aliphatic rings. The third kappa shape index (κ3) is 3.69. The predicted molar refractivity (Wildman–Crippen MR) is 71.0 cm³/mol. The van der Waals surface area contributed by atoms with Crippen molar-refractivity contribution < 1.29 is 0 Å². The molecule has 1 heterocycles. The number of nitrogens with zero attached hydrogens (tertiary/aromatic N) is 2. The first-order chi connectivity index (χ1) is 8.28. The van der Waals surface area contributed by atoms with Gasteiger partial charge in [0.1, 0.15) is 12.1 Å². The normalized spacial score (nSPS) is 23.9. The zero-order valence-corrected chi connectivity index (χ0v) is 10.9. The maximum absolute atomic E-state index is 4.28. The van der Waals surface area contributed by atoms with Gasteiger partial charge in [0.2, 0.25) is 0 Å². The van der Waals surface area contributed by atoms with E-state index >= 15 is 0 Å². The third-order valence-corrected chi connectivity index (χ3v) is 3.61. The Morgan fingerprint density at radius 3 is 2.94 bits per heavy atom. The molecule has 1 aliphatic carbocycles. The lowest BCUT2D eigenvalue weighted by Crippen LogP contribution is -2.12. The lowest BCUT2D eigenvalue weighted by molar-refractivity contribution is 0.536. The van der Waals surface area contributed by atoms with E-state index in [0.29, 0.717) is 0 Å². The SMILES string of the molecule is CCCc1cc(NCC2CCC(C)C2)ncn1. The van der Waals surface area contributed by atoms with Gasteiger partial charge in [-0.3, -0.25) is 0 Å². The van der Waals surface area contributed by atoms with Crippen molar-refractivity contribution in [1.82, 2.24) is 9.97 Å². The zero-order chi connectivity index (χ0) is 12.1. The molecular formula is C14H23N3. The summed E-state index contributed by atoms with van der Waals surface area (Å²) in [5.41, 5.74) is 1.14. The molecule has 0 saturated heterocycles. The molecule has 0 radical (unpaired) electrons. The third-order valence-electron chi connectivity index (χ3n) is 3.61. The Kier molecular flexibility index (Phi) is 4.35. The molecule has 0 bridgehead atoms. The summed E-state index contributed by atoms with van der Waals surface area (Å²) in [6.07, 6.45) is 7.96. The van der Waals surface area contributed by atoms with E-state index in [2.05, 4.69) is 35.2 Å². The Labute approximate surface area is 104 Å². The summed E-state index contributed by atoms with van der Waals surface area (Å²) in [6, 6.07) is 2.09. The van der Waals surface area contributed by atoms with Gasteiger partial charge in [-0.05, 0) is 31.1 Å². The Balaban J connectivity index is 1.83. The monoisotopic (exact) mass is 233 g/mol. The summed E-state index contributed by atoms with van der Waals surface area (Å²) >= 11 is 0. The summed E-state index contributed by atoms with van der Waals surface area (Å²) in [7, 11) is 0. The number of rotatable bonds is 5. The molecule has 2 rings (SSSR count). The fourth-order valence-electron chi connectivity index (χ4n) is 2.65. The van der Waals surface area contributed by atoms with Gasteiger partial charge in [0.15, 0.2) is 0 Å². The Bertz CT molecular complexity index is 351. The van der Waals surface area contributed by atoms with Crippen LogP contribution in [0.25, 0.3) is 0 Å². The molecule has 1 aromatic rings. The Morgan fingerprint density at radius 1 is 1.35 bits per heavy atom. The van der Waals surface area contributed by atoms with Crippen LogP contribution in [-0.2, 0) is 6.42 Å². The number of aryl methyl sites for hydroxylation is 1. The lowest BCUT2D eigenvalue weighted by atomic mass is 10.1. The van der Waals surface area contributed by atoms with E-state index < -0.39 is 0 Å². The van der Waals surface area contributed by atoms with Crippen molar-refractivity contribution in [2.75, 3.05) is 11.9 Å². The van der Waals surface area contributed by atoms with Gasteiger partial charge in [-0.1, -0.05) is 26.7 Å². The molecule has 1 aromatic heterocycles. The molecule has 0 spiro atoms. The van der Waals surface area contributed by atoms with Crippen molar-refractivity contribution in [1.29, 1.82) is 0 Å². The van der Waals surface area contributed by atoms with Crippen LogP contribution in [0.5, 0.6) is 0 Å². The lowest BCUT2D eigenvalue weighted by Gasteiger charge is -2.11. The van der Waals surface area contributed by atoms with Crippen LogP contribution in [0.15, 0.2) is 12.4 Å². The second-order valence-electron chi connectivity index (χ2n) is 5.31. The fourth-order valence-corrected chi connectivity index (χ4v) is 2.65. The molecule has 2 atom stereocenters. The number of hydrogen-bond donors (Lipinski definition) is 1. The van der Waals surface area contributed by atoms with E-state index in [9.17, 15) is 0 Å². The van der Waals surface area contributed by atoms with Crippen LogP contribution in [0.3, 0.4) is 0 Å². The molecule has 3 heteroatoms. The van der Waals surface area contributed by atoms with Crippen LogP contribution in [0, 0.1) is 11.8 Å².